The summed E-state index contributed by atoms with van der Waals surface area (Å²) in [6.45, 7) is 1.85. The van der Waals surface area contributed by atoms with Crippen molar-refractivity contribution in [3.63, 3.8) is 0 Å². The van der Waals surface area contributed by atoms with E-state index in [4.69, 9.17) is 5.11 Å². The highest BCUT2D eigenvalue weighted by Gasteiger charge is 2.50. The van der Waals surface area contributed by atoms with Crippen molar-refractivity contribution in [1.29, 1.82) is 0 Å². The molecule has 0 radical (unpaired) electrons. The van der Waals surface area contributed by atoms with Crippen molar-refractivity contribution in [2.45, 2.75) is 25.6 Å². The molecule has 84 valence electrons. The predicted octanol–water partition coefficient (Wildman–Crippen LogP) is 1.63. The van der Waals surface area contributed by atoms with Gasteiger partial charge in [0, 0.05) is 6.54 Å². The van der Waals surface area contributed by atoms with Crippen molar-refractivity contribution in [2.24, 2.45) is 0 Å². The van der Waals surface area contributed by atoms with Gasteiger partial charge in [-0.2, -0.15) is 8.78 Å². The molecule has 0 bridgehead atoms. The molecule has 0 spiro atoms. The first-order valence-corrected chi connectivity index (χ1v) is 4.16. The van der Waals surface area contributed by atoms with E-state index in [9.17, 15) is 18.0 Å². The Morgan fingerprint density at radius 3 is 2.80 bits per heavy atom. The van der Waals surface area contributed by atoms with E-state index in [2.05, 4.69) is 4.98 Å². The molecule has 0 saturated carbocycles. The van der Waals surface area contributed by atoms with Crippen LogP contribution in [0.1, 0.15) is 18.8 Å². The van der Waals surface area contributed by atoms with Crippen molar-refractivity contribution in [2.75, 3.05) is 0 Å². The topological polar surface area (TPSA) is 55.1 Å². The van der Waals surface area contributed by atoms with E-state index in [-0.39, 0.29) is 6.54 Å². The van der Waals surface area contributed by atoms with Gasteiger partial charge in [-0.15, -0.1) is 0 Å². The Kier molecular flexibility index (Phi) is 3.01. The molecule has 1 atom stereocenters. The van der Waals surface area contributed by atoms with Crippen LogP contribution in [0.15, 0.2) is 12.5 Å². The zero-order chi connectivity index (χ0) is 11.6. The number of hydrogen-bond donors (Lipinski definition) is 1. The van der Waals surface area contributed by atoms with Crippen molar-refractivity contribution in [1.82, 2.24) is 9.55 Å². The summed E-state index contributed by atoms with van der Waals surface area (Å²) in [5.41, 5.74) is -0.440. The third-order valence-electron chi connectivity index (χ3n) is 1.95. The van der Waals surface area contributed by atoms with Gasteiger partial charge in [-0.1, -0.05) is 0 Å². The van der Waals surface area contributed by atoms with Gasteiger partial charge < -0.3 is 9.67 Å². The number of aryl methyl sites for hydroxylation is 1. The maximum Gasteiger partial charge on any atom is 0.378 e. The first-order valence-electron chi connectivity index (χ1n) is 4.16. The van der Waals surface area contributed by atoms with E-state index < -0.39 is 23.8 Å². The SMILES string of the molecule is CCn1cncc1C(F)C(F)(F)C(=O)O. The van der Waals surface area contributed by atoms with Gasteiger partial charge in [-0.25, -0.2) is 14.2 Å². The van der Waals surface area contributed by atoms with Gasteiger partial charge in [-0.05, 0) is 6.92 Å². The molecule has 0 saturated heterocycles. The molecule has 7 heteroatoms. The average molecular weight is 222 g/mol. The van der Waals surface area contributed by atoms with E-state index in [1.54, 1.807) is 6.92 Å². The van der Waals surface area contributed by atoms with Crippen molar-refractivity contribution in [3.8, 4) is 0 Å². The van der Waals surface area contributed by atoms with Crippen LogP contribution in [0.4, 0.5) is 13.2 Å². The fourth-order valence-corrected chi connectivity index (χ4v) is 1.10. The fourth-order valence-electron chi connectivity index (χ4n) is 1.10. The Labute approximate surface area is 83.3 Å². The maximum atomic E-state index is 13.3. The summed E-state index contributed by atoms with van der Waals surface area (Å²) in [6.07, 6.45) is -0.831. The minimum Gasteiger partial charge on any atom is -0.477 e. The molecule has 1 aromatic heterocycles. The van der Waals surface area contributed by atoms with Crippen molar-refractivity contribution in [3.05, 3.63) is 18.2 Å². The summed E-state index contributed by atoms with van der Waals surface area (Å²) < 4.78 is 40.0. The Morgan fingerprint density at radius 2 is 2.33 bits per heavy atom. The molecule has 0 aromatic carbocycles. The molecular weight excluding hydrogens is 213 g/mol. The van der Waals surface area contributed by atoms with Gasteiger partial charge in [0.25, 0.3) is 0 Å². The molecule has 1 rings (SSSR count). The minimum atomic E-state index is -4.44. The molecule has 15 heavy (non-hydrogen) atoms. The molecule has 0 fully saturated rings. The fraction of sp³-hybridized carbons (Fsp3) is 0.500. The van der Waals surface area contributed by atoms with Crippen LogP contribution in [0.25, 0.3) is 0 Å². The lowest BCUT2D eigenvalue weighted by atomic mass is 10.1. The van der Waals surface area contributed by atoms with E-state index in [0.29, 0.717) is 0 Å². The number of hydrogen-bond acceptors (Lipinski definition) is 2. The molecule has 0 aliphatic heterocycles. The van der Waals surface area contributed by atoms with Gasteiger partial charge in [0.05, 0.1) is 18.2 Å². The number of rotatable bonds is 4. The molecule has 1 heterocycles. The lowest BCUT2D eigenvalue weighted by Crippen LogP contribution is -2.34. The quantitative estimate of drug-likeness (QED) is 0.842. The summed E-state index contributed by atoms with van der Waals surface area (Å²) in [7, 11) is 0. The molecule has 1 unspecified atom stereocenters. The van der Waals surface area contributed by atoms with Crippen molar-refractivity contribution < 1.29 is 23.1 Å². The van der Waals surface area contributed by atoms with Gasteiger partial charge in [0.15, 0.2) is 0 Å². The number of carboxylic acid groups (broad SMARTS) is 1. The molecule has 0 aliphatic carbocycles. The lowest BCUT2D eigenvalue weighted by Gasteiger charge is -2.16. The van der Waals surface area contributed by atoms with Crippen LogP contribution in [0.2, 0.25) is 0 Å². The lowest BCUT2D eigenvalue weighted by molar-refractivity contribution is -0.176. The number of aliphatic carboxylic acids is 1. The van der Waals surface area contributed by atoms with Crippen LogP contribution >= 0.6 is 0 Å². The number of imidazole rings is 1. The van der Waals surface area contributed by atoms with E-state index in [1.165, 1.54) is 6.33 Å². The highest BCUT2D eigenvalue weighted by Crippen LogP contribution is 2.34. The Morgan fingerprint density at radius 1 is 1.73 bits per heavy atom. The minimum absolute atomic E-state index is 0.242. The van der Waals surface area contributed by atoms with Crippen LogP contribution in [0.3, 0.4) is 0 Å². The van der Waals surface area contributed by atoms with Gasteiger partial charge in [0.1, 0.15) is 0 Å². The summed E-state index contributed by atoms with van der Waals surface area (Å²) >= 11 is 0. The first-order chi connectivity index (χ1) is 6.91. The van der Waals surface area contributed by atoms with Crippen LogP contribution in [0, 0.1) is 0 Å². The van der Waals surface area contributed by atoms with Crippen LogP contribution in [-0.4, -0.2) is 26.5 Å². The highest BCUT2D eigenvalue weighted by molar-refractivity contribution is 5.76. The van der Waals surface area contributed by atoms with Gasteiger partial charge in [-0.3, -0.25) is 0 Å². The standard InChI is InChI=1S/C8H9F3N2O2/c1-2-13-4-12-3-5(13)6(9)8(10,11)7(14)15/h3-4,6H,2H2,1H3,(H,14,15). The predicted molar refractivity (Wildman–Crippen MR) is 44.3 cm³/mol. The Bertz CT molecular complexity index is 365. The van der Waals surface area contributed by atoms with Gasteiger partial charge in [0.2, 0.25) is 6.17 Å². The third-order valence-corrected chi connectivity index (χ3v) is 1.95. The zero-order valence-electron chi connectivity index (χ0n) is 7.82. The number of aromatic nitrogens is 2. The number of carboxylic acids is 1. The Hall–Kier alpha value is -1.53. The smallest absolute Gasteiger partial charge is 0.378 e. The normalized spacial score (nSPS) is 13.9. The van der Waals surface area contributed by atoms with Crippen LogP contribution in [-0.2, 0) is 11.3 Å². The van der Waals surface area contributed by atoms with Crippen LogP contribution < -0.4 is 0 Å². The number of carbonyl (C=O) groups is 1. The van der Waals surface area contributed by atoms with E-state index >= 15 is 0 Å². The zero-order valence-corrected chi connectivity index (χ0v) is 7.82. The monoisotopic (exact) mass is 222 g/mol. The number of nitrogens with zero attached hydrogens (tertiary/aromatic N) is 2. The van der Waals surface area contributed by atoms with E-state index in [0.717, 1.165) is 10.8 Å². The molecule has 4 nitrogen and oxygen atoms in total. The third kappa shape index (κ3) is 1.95. The second kappa shape index (κ2) is 3.92. The van der Waals surface area contributed by atoms with Gasteiger partial charge >= 0.3 is 11.9 Å². The molecule has 1 aromatic rings. The molecular formula is C8H9F3N2O2. The summed E-state index contributed by atoms with van der Waals surface area (Å²) in [5, 5.41) is 8.15. The maximum absolute atomic E-state index is 13.3. The summed E-state index contributed by atoms with van der Waals surface area (Å²) in [6, 6.07) is 0. The van der Waals surface area contributed by atoms with Crippen LogP contribution in [0.5, 0.6) is 0 Å². The van der Waals surface area contributed by atoms with Crippen molar-refractivity contribution >= 4 is 5.97 Å². The highest BCUT2D eigenvalue weighted by atomic mass is 19.3. The number of halogens is 3. The second-order valence-electron chi connectivity index (χ2n) is 2.90. The Balaban J connectivity index is 3.03. The first kappa shape index (κ1) is 11.5. The molecule has 0 aliphatic rings. The molecule has 1 N–H and O–H groups in total. The number of alkyl halides is 3. The second-order valence-corrected chi connectivity index (χ2v) is 2.90. The van der Waals surface area contributed by atoms with E-state index in [1.807, 2.05) is 0 Å². The summed E-state index contributed by atoms with van der Waals surface area (Å²) in [4.78, 5) is 13.6. The summed E-state index contributed by atoms with van der Waals surface area (Å²) in [5.74, 6) is -6.92. The molecule has 0 amide bonds. The largest absolute Gasteiger partial charge is 0.477 e. The average Bonchev–Trinajstić information content (AvgIpc) is 2.63.